The Hall–Kier alpha value is -2.26. The zero-order valence-electron chi connectivity index (χ0n) is 18.2. The molecule has 2 spiro atoms. The van der Waals surface area contributed by atoms with E-state index in [0.29, 0.717) is 30.5 Å². The molecule has 3 heterocycles. The first-order chi connectivity index (χ1) is 15.0. The summed E-state index contributed by atoms with van der Waals surface area (Å²) in [4.78, 5) is 16.7. The van der Waals surface area contributed by atoms with Gasteiger partial charge in [0.1, 0.15) is 5.78 Å². The van der Waals surface area contributed by atoms with Gasteiger partial charge in [0.2, 0.25) is 0 Å². The summed E-state index contributed by atoms with van der Waals surface area (Å²) in [5, 5.41) is 2.50. The molecule has 3 heteroatoms. The number of Topliss-reactive ketones (excluding diaryl/α,β-unsaturated/α-hetero) is 1. The number of rotatable bonds is 1. The van der Waals surface area contributed by atoms with E-state index in [-0.39, 0.29) is 16.6 Å². The van der Waals surface area contributed by atoms with Crippen molar-refractivity contribution in [3.05, 3.63) is 65.5 Å². The Labute approximate surface area is 183 Å². The van der Waals surface area contributed by atoms with Gasteiger partial charge in [-0.25, -0.2) is 0 Å². The fourth-order valence-electron chi connectivity index (χ4n) is 8.09. The normalized spacial score (nSPS) is 40.7. The molecule has 31 heavy (non-hydrogen) atoms. The smallest absolute Gasteiger partial charge is 0.136 e. The highest BCUT2D eigenvalue weighted by Crippen LogP contribution is 2.69. The second-order valence-electron chi connectivity index (χ2n) is 10.9. The molecule has 0 N–H and O–H groups in total. The van der Waals surface area contributed by atoms with E-state index in [0.717, 1.165) is 25.7 Å². The van der Waals surface area contributed by atoms with E-state index in [1.165, 1.54) is 40.3 Å². The molecule has 5 aliphatic rings. The van der Waals surface area contributed by atoms with Crippen LogP contribution in [0.15, 0.2) is 60.0 Å². The first-order valence-electron chi connectivity index (χ1n) is 12.0. The maximum atomic E-state index is 12.4. The molecular weight excluding hydrogens is 382 g/mol. The number of ether oxygens (including phenoxy) is 1. The molecule has 3 fully saturated rings. The second-order valence-corrected chi connectivity index (χ2v) is 10.9. The monoisotopic (exact) mass is 411 g/mol. The summed E-state index contributed by atoms with van der Waals surface area (Å²) >= 11 is 0. The van der Waals surface area contributed by atoms with E-state index in [2.05, 4.69) is 48.3 Å². The summed E-state index contributed by atoms with van der Waals surface area (Å²) in [5.74, 6) is 1.44. The molecule has 3 aliphatic carbocycles. The highest BCUT2D eigenvalue weighted by Gasteiger charge is 2.66. The molecule has 0 radical (unpaired) electrons. The van der Waals surface area contributed by atoms with Gasteiger partial charge in [-0.05, 0) is 90.0 Å². The van der Waals surface area contributed by atoms with Crippen LogP contribution in [0.1, 0.15) is 69.8 Å². The Morgan fingerprint density at radius 3 is 2.97 bits per heavy atom. The number of carbonyl (C=O) groups excluding carboxylic acids is 1. The van der Waals surface area contributed by atoms with E-state index in [4.69, 9.17) is 4.74 Å². The number of carbonyl (C=O) groups is 1. The number of benzene rings is 1. The van der Waals surface area contributed by atoms with Crippen molar-refractivity contribution in [2.45, 2.75) is 75.4 Å². The summed E-state index contributed by atoms with van der Waals surface area (Å²) in [6.07, 6.45) is 16.6. The third-order valence-electron chi connectivity index (χ3n) is 9.57. The summed E-state index contributed by atoms with van der Waals surface area (Å²) < 4.78 is 7.12. The molecule has 4 unspecified atom stereocenters. The van der Waals surface area contributed by atoms with E-state index in [1.54, 1.807) is 0 Å². The number of fused-ring (bicyclic) bond motifs is 2. The lowest BCUT2D eigenvalue weighted by Crippen LogP contribution is -2.53. The maximum Gasteiger partial charge on any atom is 0.136 e. The van der Waals surface area contributed by atoms with Gasteiger partial charge < -0.3 is 4.74 Å². The van der Waals surface area contributed by atoms with Gasteiger partial charge in [0.05, 0.1) is 11.2 Å². The Morgan fingerprint density at radius 1 is 1.10 bits per heavy atom. The predicted octanol–water partition coefficient (Wildman–Crippen LogP) is 6.05. The number of hydrogen-bond donors (Lipinski definition) is 0. The van der Waals surface area contributed by atoms with E-state index in [9.17, 15) is 4.79 Å². The van der Waals surface area contributed by atoms with Crippen molar-refractivity contribution in [1.82, 2.24) is 4.98 Å². The van der Waals surface area contributed by atoms with E-state index < -0.39 is 0 Å². The molecular formula is C28H29NO2. The molecule has 1 aromatic carbocycles. The van der Waals surface area contributed by atoms with Gasteiger partial charge in [-0.1, -0.05) is 31.2 Å². The topological polar surface area (TPSA) is 39.2 Å². The number of nitrogens with zero attached hydrogens (tertiary/aromatic N) is 1. The van der Waals surface area contributed by atoms with Crippen molar-refractivity contribution in [3.63, 3.8) is 0 Å². The molecule has 158 valence electrons. The minimum Gasteiger partial charge on any atom is -0.359 e. The van der Waals surface area contributed by atoms with Crippen molar-refractivity contribution >= 4 is 16.6 Å². The SMILES string of the molecule is CC12CC=C3C=C4CCC(=O)CC45CC[C@]3(O5)C1CCC2c1ccc2ccncc2c1. The van der Waals surface area contributed by atoms with Gasteiger partial charge in [-0.3, -0.25) is 9.78 Å². The molecule has 7 rings (SSSR count). The standard InChI is InChI=1S/C28H29NO2/c1-26-10-8-22-15-21-4-5-23(30)16-27(21)11-12-28(22,31-27)25(26)7-6-24(26)19-3-2-18-9-13-29-17-20(18)14-19/h2-3,8-9,13-15,17,24-25H,4-7,10-12,16H2,1H3/t24?,25?,26?,27?,28-/m1/s1. The highest BCUT2D eigenvalue weighted by molar-refractivity contribution is 5.83. The van der Waals surface area contributed by atoms with Crippen LogP contribution in [0, 0.1) is 11.3 Å². The minimum atomic E-state index is -0.294. The Bertz CT molecular complexity index is 1190. The lowest BCUT2D eigenvalue weighted by molar-refractivity contribution is -0.146. The summed E-state index contributed by atoms with van der Waals surface area (Å²) in [6, 6.07) is 9.06. The average molecular weight is 412 g/mol. The fourth-order valence-corrected chi connectivity index (χ4v) is 8.09. The fraction of sp³-hybridized carbons (Fsp3) is 0.500. The highest BCUT2D eigenvalue weighted by atomic mass is 16.5. The van der Waals surface area contributed by atoms with Crippen LogP contribution in [0.3, 0.4) is 0 Å². The van der Waals surface area contributed by atoms with Crippen molar-refractivity contribution in [2.24, 2.45) is 11.3 Å². The van der Waals surface area contributed by atoms with E-state index in [1.807, 2.05) is 12.4 Å². The number of hydrogen-bond acceptors (Lipinski definition) is 3. The summed E-state index contributed by atoms with van der Waals surface area (Å²) in [5.41, 5.74) is 3.99. The van der Waals surface area contributed by atoms with Gasteiger partial charge in [-0.2, -0.15) is 0 Å². The van der Waals surface area contributed by atoms with Crippen LogP contribution in [0.25, 0.3) is 10.8 Å². The molecule has 2 saturated carbocycles. The quantitative estimate of drug-likeness (QED) is 0.574. The molecule has 2 aliphatic heterocycles. The van der Waals surface area contributed by atoms with Crippen LogP contribution in [-0.2, 0) is 9.53 Å². The summed E-state index contributed by atoms with van der Waals surface area (Å²) in [7, 11) is 0. The van der Waals surface area contributed by atoms with Crippen molar-refractivity contribution in [3.8, 4) is 0 Å². The average Bonchev–Trinajstić information content (AvgIpc) is 3.28. The van der Waals surface area contributed by atoms with Crippen molar-refractivity contribution < 1.29 is 9.53 Å². The van der Waals surface area contributed by atoms with Crippen molar-refractivity contribution in [2.75, 3.05) is 0 Å². The third-order valence-corrected chi connectivity index (χ3v) is 9.57. The van der Waals surface area contributed by atoms with Crippen LogP contribution < -0.4 is 0 Å². The predicted molar refractivity (Wildman–Crippen MR) is 121 cm³/mol. The number of pyridine rings is 1. The third kappa shape index (κ3) is 2.28. The van der Waals surface area contributed by atoms with Gasteiger partial charge >= 0.3 is 0 Å². The van der Waals surface area contributed by atoms with Crippen LogP contribution in [0.5, 0.6) is 0 Å². The van der Waals surface area contributed by atoms with Crippen LogP contribution >= 0.6 is 0 Å². The van der Waals surface area contributed by atoms with Crippen LogP contribution in [0.4, 0.5) is 0 Å². The van der Waals surface area contributed by atoms with Crippen LogP contribution in [-0.4, -0.2) is 22.0 Å². The zero-order valence-corrected chi connectivity index (χ0v) is 18.2. The molecule has 1 saturated heterocycles. The van der Waals surface area contributed by atoms with Crippen LogP contribution in [0.2, 0.25) is 0 Å². The second kappa shape index (κ2) is 5.95. The van der Waals surface area contributed by atoms with Gasteiger partial charge in [0.15, 0.2) is 0 Å². The lowest BCUT2D eigenvalue weighted by Gasteiger charge is -2.53. The largest absolute Gasteiger partial charge is 0.359 e. The number of ketones is 1. The Balaban J connectivity index is 1.31. The van der Waals surface area contributed by atoms with E-state index >= 15 is 0 Å². The Morgan fingerprint density at radius 2 is 2.03 bits per heavy atom. The Kier molecular flexibility index (Phi) is 3.52. The molecule has 1 aromatic heterocycles. The number of allylic oxidation sites excluding steroid dienone is 1. The molecule has 2 aromatic rings. The van der Waals surface area contributed by atoms with Gasteiger partial charge in [0.25, 0.3) is 0 Å². The van der Waals surface area contributed by atoms with Crippen molar-refractivity contribution in [1.29, 1.82) is 0 Å². The minimum absolute atomic E-state index is 0.179. The molecule has 0 amide bonds. The molecule has 3 nitrogen and oxygen atoms in total. The van der Waals surface area contributed by atoms with Gasteiger partial charge in [0, 0.05) is 30.6 Å². The zero-order chi connectivity index (χ0) is 20.8. The summed E-state index contributed by atoms with van der Waals surface area (Å²) in [6.45, 7) is 2.50. The molecule has 5 atom stereocenters. The first kappa shape index (κ1) is 18.3. The first-order valence-corrected chi connectivity index (χ1v) is 12.0. The lowest BCUT2D eigenvalue weighted by atomic mass is 9.58. The van der Waals surface area contributed by atoms with Gasteiger partial charge in [-0.15, -0.1) is 0 Å². The molecule has 2 bridgehead atoms. The number of aromatic nitrogens is 1. The maximum absolute atomic E-state index is 12.4.